The van der Waals surface area contributed by atoms with Gasteiger partial charge in [0.15, 0.2) is 0 Å². The Hall–Kier alpha value is -1.14. The summed E-state index contributed by atoms with van der Waals surface area (Å²) < 4.78 is 51.4. The number of hydrogen-bond donors (Lipinski definition) is 2. The lowest BCUT2D eigenvalue weighted by Gasteiger charge is -2.30. The van der Waals surface area contributed by atoms with Crippen LogP contribution in [0, 0.1) is 11.7 Å². The van der Waals surface area contributed by atoms with Crippen molar-refractivity contribution in [2.75, 3.05) is 0 Å². The fraction of sp³-hybridized carbons (Fsp3) is 0.600. The van der Waals surface area contributed by atoms with Crippen LogP contribution in [0.15, 0.2) is 18.2 Å². The highest BCUT2D eigenvalue weighted by Crippen LogP contribution is 2.35. The van der Waals surface area contributed by atoms with Gasteiger partial charge in [-0.3, -0.25) is 0 Å². The summed E-state index contributed by atoms with van der Waals surface area (Å²) in [7, 11) is 0. The lowest BCUT2D eigenvalue weighted by Crippen LogP contribution is -2.34. The minimum atomic E-state index is -4.77. The number of benzene rings is 1. The van der Waals surface area contributed by atoms with Crippen molar-refractivity contribution < 1.29 is 22.7 Å². The van der Waals surface area contributed by atoms with Crippen LogP contribution >= 0.6 is 0 Å². The Kier molecular flexibility index (Phi) is 4.88. The first-order valence-corrected chi connectivity index (χ1v) is 7.11. The number of nitrogens with two attached hydrogens (primary N) is 1. The summed E-state index contributed by atoms with van der Waals surface area (Å²) in [5.74, 6) is -1.33. The van der Waals surface area contributed by atoms with Crippen molar-refractivity contribution >= 4 is 0 Å². The van der Waals surface area contributed by atoms with E-state index in [1.54, 1.807) is 0 Å². The van der Waals surface area contributed by atoms with E-state index in [4.69, 9.17) is 5.73 Å². The smallest absolute Gasteiger partial charge is 0.391 e. The molecule has 0 radical (unpaired) electrons. The third kappa shape index (κ3) is 3.74. The Morgan fingerprint density at radius 2 is 1.76 bits per heavy atom. The maximum Gasteiger partial charge on any atom is 0.419 e. The number of aliphatic hydroxyl groups is 1. The Morgan fingerprint density at radius 3 is 2.33 bits per heavy atom. The summed E-state index contributed by atoms with van der Waals surface area (Å²) in [5, 5.41) is 10.3. The molecule has 21 heavy (non-hydrogen) atoms. The second-order valence-corrected chi connectivity index (χ2v) is 5.65. The molecule has 2 atom stereocenters. The van der Waals surface area contributed by atoms with E-state index in [-0.39, 0.29) is 11.5 Å². The predicted molar refractivity (Wildman–Crippen MR) is 70.9 cm³/mol. The maximum absolute atomic E-state index is 13.3. The zero-order valence-corrected chi connectivity index (χ0v) is 11.5. The molecule has 1 aromatic carbocycles. The molecule has 0 amide bonds. The van der Waals surface area contributed by atoms with E-state index in [0.717, 1.165) is 38.2 Å². The van der Waals surface area contributed by atoms with Crippen molar-refractivity contribution in [1.29, 1.82) is 0 Å². The van der Waals surface area contributed by atoms with Crippen molar-refractivity contribution in [2.24, 2.45) is 11.7 Å². The van der Waals surface area contributed by atoms with Gasteiger partial charge in [-0.2, -0.15) is 13.2 Å². The van der Waals surface area contributed by atoms with Crippen molar-refractivity contribution in [3.05, 3.63) is 35.1 Å². The number of aliphatic hydroxyl groups excluding tert-OH is 1. The van der Waals surface area contributed by atoms with Crippen molar-refractivity contribution in [1.82, 2.24) is 0 Å². The zero-order valence-electron chi connectivity index (χ0n) is 11.5. The normalized spacial score (nSPS) is 20.3. The van der Waals surface area contributed by atoms with E-state index in [2.05, 4.69) is 0 Å². The monoisotopic (exact) mass is 305 g/mol. The molecule has 0 saturated heterocycles. The molecule has 3 N–H and O–H groups in total. The van der Waals surface area contributed by atoms with Gasteiger partial charge in [0, 0.05) is 0 Å². The van der Waals surface area contributed by atoms with Gasteiger partial charge in [0.25, 0.3) is 0 Å². The average Bonchev–Trinajstić information content (AvgIpc) is 2.46. The van der Waals surface area contributed by atoms with Crippen molar-refractivity contribution in [2.45, 2.75) is 50.4 Å². The summed E-state index contributed by atoms with van der Waals surface area (Å²) in [6.07, 6.45) is -0.943. The number of hydrogen-bond acceptors (Lipinski definition) is 2. The topological polar surface area (TPSA) is 46.2 Å². The Morgan fingerprint density at radius 1 is 1.14 bits per heavy atom. The lowest BCUT2D eigenvalue weighted by atomic mass is 9.81. The fourth-order valence-electron chi connectivity index (χ4n) is 2.93. The summed E-state index contributed by atoms with van der Waals surface area (Å²) in [6.45, 7) is 0. The molecule has 0 spiro atoms. The number of rotatable bonds is 3. The van der Waals surface area contributed by atoms with Crippen LogP contribution in [0.1, 0.15) is 49.3 Å². The highest BCUT2D eigenvalue weighted by atomic mass is 19.4. The molecule has 2 rings (SSSR count). The average molecular weight is 305 g/mol. The molecule has 0 bridgehead atoms. The first-order chi connectivity index (χ1) is 9.80. The van der Waals surface area contributed by atoms with Crippen LogP contribution in [0.25, 0.3) is 0 Å². The van der Waals surface area contributed by atoms with Crippen LogP contribution in [0.3, 0.4) is 0 Å². The van der Waals surface area contributed by atoms with Gasteiger partial charge in [0.1, 0.15) is 5.82 Å². The predicted octanol–water partition coefficient (Wildman–Crippen LogP) is 3.79. The summed E-state index contributed by atoms with van der Waals surface area (Å²) >= 11 is 0. The van der Waals surface area contributed by atoms with E-state index in [1.807, 2.05) is 0 Å². The van der Waals surface area contributed by atoms with E-state index in [9.17, 15) is 22.7 Å². The van der Waals surface area contributed by atoms with Gasteiger partial charge in [-0.1, -0.05) is 25.3 Å². The summed E-state index contributed by atoms with van der Waals surface area (Å²) in [4.78, 5) is 0. The van der Waals surface area contributed by atoms with Gasteiger partial charge >= 0.3 is 6.18 Å². The maximum atomic E-state index is 13.3. The summed E-state index contributed by atoms with van der Waals surface area (Å²) in [5.41, 5.74) is 4.66. The molecule has 1 aromatic rings. The van der Waals surface area contributed by atoms with E-state index >= 15 is 0 Å². The zero-order chi connectivity index (χ0) is 15.6. The molecule has 1 aliphatic carbocycles. The molecule has 1 aliphatic rings. The fourth-order valence-corrected chi connectivity index (χ4v) is 2.93. The van der Waals surface area contributed by atoms with Crippen LogP contribution < -0.4 is 5.73 Å². The van der Waals surface area contributed by atoms with Crippen LogP contribution in [0.2, 0.25) is 0 Å². The largest absolute Gasteiger partial charge is 0.419 e. The third-order valence-electron chi connectivity index (χ3n) is 4.18. The van der Waals surface area contributed by atoms with Crippen LogP contribution in [0.4, 0.5) is 17.6 Å². The minimum absolute atomic E-state index is 0.00635. The molecule has 2 nitrogen and oxygen atoms in total. The van der Waals surface area contributed by atoms with Gasteiger partial charge < -0.3 is 10.8 Å². The highest BCUT2D eigenvalue weighted by Gasteiger charge is 2.35. The van der Waals surface area contributed by atoms with Crippen molar-refractivity contribution in [3.63, 3.8) is 0 Å². The van der Waals surface area contributed by atoms with Gasteiger partial charge in [0.05, 0.1) is 17.7 Å². The van der Waals surface area contributed by atoms with E-state index in [0.29, 0.717) is 6.07 Å². The van der Waals surface area contributed by atoms with E-state index in [1.165, 1.54) is 6.07 Å². The minimum Gasteiger partial charge on any atom is -0.391 e. The molecular weight excluding hydrogens is 286 g/mol. The standard InChI is InChI=1S/C15H19F4NO/c16-12-7-6-10(8-11(12)15(17,18)19)13(20)14(21)9-4-2-1-3-5-9/h6-9,13-14,21H,1-5,20H2/t13-,14+/m0/s1. The van der Waals surface area contributed by atoms with Gasteiger partial charge in [-0.15, -0.1) is 0 Å². The molecular formula is C15H19F4NO. The van der Waals surface area contributed by atoms with Gasteiger partial charge in [-0.05, 0) is 36.5 Å². The lowest BCUT2D eigenvalue weighted by molar-refractivity contribution is -0.140. The molecule has 0 aliphatic heterocycles. The number of halogens is 4. The Bertz CT molecular complexity index is 483. The number of alkyl halides is 3. The first-order valence-electron chi connectivity index (χ1n) is 7.11. The Balaban J connectivity index is 2.20. The molecule has 0 unspecified atom stereocenters. The van der Waals surface area contributed by atoms with Crippen molar-refractivity contribution in [3.8, 4) is 0 Å². The van der Waals surface area contributed by atoms with Crippen LogP contribution in [-0.2, 0) is 6.18 Å². The van der Waals surface area contributed by atoms with Crippen LogP contribution in [0.5, 0.6) is 0 Å². The Labute approximate surface area is 121 Å². The molecule has 1 saturated carbocycles. The second-order valence-electron chi connectivity index (χ2n) is 5.65. The molecule has 118 valence electrons. The summed E-state index contributed by atoms with van der Waals surface area (Å²) in [6, 6.07) is 1.73. The molecule has 6 heteroatoms. The van der Waals surface area contributed by atoms with E-state index < -0.39 is 29.7 Å². The van der Waals surface area contributed by atoms with Crippen LogP contribution in [-0.4, -0.2) is 11.2 Å². The third-order valence-corrected chi connectivity index (χ3v) is 4.18. The molecule has 1 fully saturated rings. The van der Waals surface area contributed by atoms with Gasteiger partial charge in [-0.25, -0.2) is 4.39 Å². The highest BCUT2D eigenvalue weighted by molar-refractivity contribution is 5.30. The SMILES string of the molecule is N[C@@H](c1ccc(F)c(C(F)(F)F)c1)[C@H](O)C1CCCCC1. The quantitative estimate of drug-likeness (QED) is 0.835. The second kappa shape index (κ2) is 6.32. The first kappa shape index (κ1) is 16.2. The molecule has 0 heterocycles. The molecule has 0 aromatic heterocycles. The van der Waals surface area contributed by atoms with Gasteiger partial charge in [0.2, 0.25) is 0 Å².